The predicted molar refractivity (Wildman–Crippen MR) is 88.5 cm³/mol. The third kappa shape index (κ3) is 4.18. The quantitative estimate of drug-likeness (QED) is 0.759. The number of rotatable bonds is 7. The van der Waals surface area contributed by atoms with Crippen molar-refractivity contribution in [2.75, 3.05) is 31.1 Å². The van der Waals surface area contributed by atoms with Crippen LogP contribution in [0.3, 0.4) is 0 Å². The van der Waals surface area contributed by atoms with Crippen LogP contribution in [-0.4, -0.2) is 44.6 Å². The van der Waals surface area contributed by atoms with E-state index in [1.807, 2.05) is 0 Å². The van der Waals surface area contributed by atoms with Gasteiger partial charge in [0.25, 0.3) is 0 Å². The minimum absolute atomic E-state index is 0.184. The van der Waals surface area contributed by atoms with Gasteiger partial charge in [-0.3, -0.25) is 0 Å². The molecule has 0 amide bonds. The third-order valence-corrected chi connectivity index (χ3v) is 6.32. The molecule has 1 N–H and O–H groups in total. The molecule has 1 aliphatic heterocycles. The molecule has 124 valence electrons. The Kier molecular flexibility index (Phi) is 5.09. The largest absolute Gasteiger partial charge is 0.476 e. The normalized spacial score (nSPS) is 15.0. The molecule has 0 bridgehead atoms. The molecule has 2 aromatic rings. The number of anilines is 1. The van der Waals surface area contributed by atoms with Gasteiger partial charge >= 0.3 is 0 Å². The van der Waals surface area contributed by atoms with Gasteiger partial charge < -0.3 is 9.64 Å². The zero-order valence-corrected chi connectivity index (χ0v) is 14.1. The van der Waals surface area contributed by atoms with Crippen LogP contribution in [-0.2, 0) is 10.0 Å². The van der Waals surface area contributed by atoms with Gasteiger partial charge in [0.2, 0.25) is 15.9 Å². The van der Waals surface area contributed by atoms with E-state index in [9.17, 15) is 8.42 Å². The number of hydrogen-bond donors (Lipinski definition) is 1. The van der Waals surface area contributed by atoms with Gasteiger partial charge in [-0.25, -0.2) is 23.1 Å². The van der Waals surface area contributed by atoms with Crippen molar-refractivity contribution < 1.29 is 13.2 Å². The summed E-state index contributed by atoms with van der Waals surface area (Å²) in [5.74, 6) is 1.31. The summed E-state index contributed by atoms with van der Waals surface area (Å²) >= 11 is 1.18. The molecule has 1 saturated heterocycles. The van der Waals surface area contributed by atoms with Crippen molar-refractivity contribution >= 4 is 27.2 Å². The number of ether oxygens (including phenoxy) is 1. The Morgan fingerprint density at radius 3 is 2.87 bits per heavy atom. The lowest BCUT2D eigenvalue weighted by atomic mass is 10.4. The summed E-state index contributed by atoms with van der Waals surface area (Å²) < 4.78 is 32.2. The van der Waals surface area contributed by atoms with Crippen molar-refractivity contribution in [1.82, 2.24) is 14.7 Å². The van der Waals surface area contributed by atoms with Crippen molar-refractivity contribution in [3.05, 3.63) is 29.9 Å². The maximum absolute atomic E-state index is 11.9. The second-order valence-electron chi connectivity index (χ2n) is 5.09. The predicted octanol–water partition coefficient (Wildman–Crippen LogP) is 1.50. The fraction of sp³-hybridized carbons (Fsp3) is 0.429. The minimum atomic E-state index is -3.45. The summed E-state index contributed by atoms with van der Waals surface area (Å²) in [6.07, 6.45) is 3.81. The summed E-state index contributed by atoms with van der Waals surface area (Å²) in [6, 6.07) is 5.07. The maximum Gasteiger partial charge on any atom is 0.250 e. The SMILES string of the molecule is O=S(=O)(NCCOc1cc(N2CCCC2)ncn1)c1cccs1. The molecule has 0 radical (unpaired) electrons. The average Bonchev–Trinajstić information content (AvgIpc) is 3.25. The van der Waals surface area contributed by atoms with E-state index in [-0.39, 0.29) is 13.2 Å². The zero-order chi connectivity index (χ0) is 16.1. The lowest BCUT2D eigenvalue weighted by Gasteiger charge is -2.16. The first-order chi connectivity index (χ1) is 11.1. The molecule has 3 heterocycles. The lowest BCUT2D eigenvalue weighted by Crippen LogP contribution is -2.27. The molecule has 1 aliphatic rings. The van der Waals surface area contributed by atoms with Gasteiger partial charge in [0.1, 0.15) is 23.0 Å². The van der Waals surface area contributed by atoms with Crippen molar-refractivity contribution in [2.45, 2.75) is 17.1 Å². The number of nitrogens with zero attached hydrogens (tertiary/aromatic N) is 3. The molecule has 7 nitrogen and oxygen atoms in total. The van der Waals surface area contributed by atoms with Gasteiger partial charge in [-0.05, 0) is 24.3 Å². The van der Waals surface area contributed by atoms with Crippen LogP contribution in [0.5, 0.6) is 5.88 Å². The van der Waals surface area contributed by atoms with E-state index < -0.39 is 10.0 Å². The first-order valence-electron chi connectivity index (χ1n) is 7.38. The molecule has 2 aromatic heterocycles. The molecule has 1 fully saturated rings. The first kappa shape index (κ1) is 16.2. The smallest absolute Gasteiger partial charge is 0.250 e. The van der Waals surface area contributed by atoms with Crippen LogP contribution in [0.2, 0.25) is 0 Å². The van der Waals surface area contributed by atoms with Crippen molar-refractivity contribution in [1.29, 1.82) is 0 Å². The molecule has 0 aromatic carbocycles. The number of thiophene rings is 1. The molecule has 0 saturated carbocycles. The maximum atomic E-state index is 11.9. The van der Waals surface area contributed by atoms with Crippen LogP contribution in [0.1, 0.15) is 12.8 Å². The van der Waals surface area contributed by atoms with E-state index in [0.29, 0.717) is 10.1 Å². The highest BCUT2D eigenvalue weighted by molar-refractivity contribution is 7.91. The van der Waals surface area contributed by atoms with E-state index in [2.05, 4.69) is 19.6 Å². The zero-order valence-electron chi connectivity index (χ0n) is 12.5. The Hall–Kier alpha value is -1.71. The number of aromatic nitrogens is 2. The number of sulfonamides is 1. The van der Waals surface area contributed by atoms with Gasteiger partial charge in [0, 0.05) is 25.7 Å². The monoisotopic (exact) mass is 354 g/mol. The van der Waals surface area contributed by atoms with Gasteiger partial charge in [-0.1, -0.05) is 6.07 Å². The highest BCUT2D eigenvalue weighted by atomic mass is 32.2. The van der Waals surface area contributed by atoms with E-state index in [0.717, 1.165) is 18.9 Å². The molecule has 3 rings (SSSR count). The van der Waals surface area contributed by atoms with Crippen molar-refractivity contribution in [2.24, 2.45) is 0 Å². The minimum Gasteiger partial charge on any atom is -0.476 e. The third-order valence-electron chi connectivity index (χ3n) is 3.46. The standard InChI is InChI=1S/C14H18N4O3S2/c19-23(20,14-4-3-9-22-14)17-5-8-21-13-10-12(15-11-16-13)18-6-1-2-7-18/h3-4,9-11,17H,1-2,5-8H2. The Morgan fingerprint density at radius 2 is 2.13 bits per heavy atom. The molecule has 0 atom stereocenters. The van der Waals surface area contributed by atoms with E-state index in [4.69, 9.17) is 4.74 Å². The van der Waals surface area contributed by atoms with E-state index in [1.54, 1.807) is 23.6 Å². The van der Waals surface area contributed by atoms with Crippen LogP contribution >= 0.6 is 11.3 Å². The molecule has 0 aliphatic carbocycles. The first-order valence-corrected chi connectivity index (χ1v) is 9.74. The van der Waals surface area contributed by atoms with Crippen LogP contribution in [0.15, 0.2) is 34.1 Å². The Morgan fingerprint density at radius 1 is 1.30 bits per heavy atom. The fourth-order valence-corrected chi connectivity index (χ4v) is 4.40. The summed E-state index contributed by atoms with van der Waals surface area (Å²) in [5, 5.41) is 1.73. The molecular weight excluding hydrogens is 336 g/mol. The molecule has 23 heavy (non-hydrogen) atoms. The Bertz CT molecular complexity index is 728. The van der Waals surface area contributed by atoms with E-state index in [1.165, 1.54) is 30.5 Å². The highest BCUT2D eigenvalue weighted by Gasteiger charge is 2.15. The summed E-state index contributed by atoms with van der Waals surface area (Å²) in [5.41, 5.74) is 0. The van der Waals surface area contributed by atoms with Crippen LogP contribution in [0.25, 0.3) is 0 Å². The van der Waals surface area contributed by atoms with Crippen LogP contribution < -0.4 is 14.4 Å². The highest BCUT2D eigenvalue weighted by Crippen LogP contribution is 2.20. The second kappa shape index (κ2) is 7.24. The molecule has 0 spiro atoms. The number of nitrogens with one attached hydrogen (secondary N) is 1. The molecule has 9 heteroatoms. The summed E-state index contributed by atoms with van der Waals surface area (Å²) in [4.78, 5) is 10.5. The van der Waals surface area contributed by atoms with Gasteiger partial charge in [0.15, 0.2) is 0 Å². The second-order valence-corrected chi connectivity index (χ2v) is 8.03. The number of hydrogen-bond acceptors (Lipinski definition) is 7. The van der Waals surface area contributed by atoms with Gasteiger partial charge in [0.05, 0.1) is 0 Å². The Labute approximate surface area is 139 Å². The van der Waals surface area contributed by atoms with Crippen LogP contribution in [0.4, 0.5) is 5.82 Å². The lowest BCUT2D eigenvalue weighted by molar-refractivity contribution is 0.310. The van der Waals surface area contributed by atoms with Crippen molar-refractivity contribution in [3.8, 4) is 5.88 Å². The summed E-state index contributed by atoms with van der Waals surface area (Å²) in [7, 11) is -3.45. The van der Waals surface area contributed by atoms with Gasteiger partial charge in [-0.15, -0.1) is 11.3 Å². The van der Waals surface area contributed by atoms with E-state index >= 15 is 0 Å². The summed E-state index contributed by atoms with van der Waals surface area (Å²) in [6.45, 7) is 2.39. The van der Waals surface area contributed by atoms with Crippen LogP contribution in [0, 0.1) is 0 Å². The average molecular weight is 354 g/mol. The molecular formula is C14H18N4O3S2. The van der Waals surface area contributed by atoms with Gasteiger partial charge in [-0.2, -0.15) is 0 Å². The Balaban J connectivity index is 1.50. The van der Waals surface area contributed by atoms with Crippen molar-refractivity contribution in [3.63, 3.8) is 0 Å². The topological polar surface area (TPSA) is 84.4 Å². The fourth-order valence-electron chi connectivity index (χ4n) is 2.35. The molecule has 0 unspecified atom stereocenters.